The second-order valence-corrected chi connectivity index (χ2v) is 11.6. The zero-order valence-electron chi connectivity index (χ0n) is 23.7. The zero-order valence-corrected chi connectivity index (χ0v) is 23.7. The Labute approximate surface area is 248 Å². The van der Waals surface area contributed by atoms with E-state index in [-0.39, 0.29) is 23.8 Å². The maximum Gasteiger partial charge on any atom is 0.335 e. The van der Waals surface area contributed by atoms with E-state index in [9.17, 15) is 14.3 Å². The predicted octanol–water partition coefficient (Wildman–Crippen LogP) is 4.97. The van der Waals surface area contributed by atoms with Crippen LogP contribution in [0.2, 0.25) is 0 Å². The van der Waals surface area contributed by atoms with Crippen LogP contribution in [0.3, 0.4) is 0 Å². The number of hydrogen-bond donors (Lipinski definition) is 1. The van der Waals surface area contributed by atoms with E-state index in [4.69, 9.17) is 19.7 Å². The number of carbonyl (C=O) groups is 1. The van der Waals surface area contributed by atoms with E-state index in [1.807, 2.05) is 24.3 Å². The molecule has 220 valence electrons. The van der Waals surface area contributed by atoms with Crippen LogP contribution in [0.25, 0.3) is 11.0 Å². The number of aromatic carboxylic acids is 1. The summed E-state index contributed by atoms with van der Waals surface area (Å²) in [5.41, 5.74) is 3.68. The number of rotatable bonds is 9. The van der Waals surface area contributed by atoms with E-state index in [2.05, 4.69) is 20.4 Å². The second kappa shape index (κ2) is 11.3. The molecule has 0 spiro atoms. The van der Waals surface area contributed by atoms with Gasteiger partial charge in [-0.15, -0.1) is 0 Å². The van der Waals surface area contributed by atoms with Crippen LogP contribution in [-0.4, -0.2) is 63.4 Å². The van der Waals surface area contributed by atoms with E-state index in [1.54, 1.807) is 30.3 Å². The Morgan fingerprint density at radius 3 is 2.60 bits per heavy atom. The molecule has 9 nitrogen and oxygen atoms in total. The molecule has 0 radical (unpaired) electrons. The van der Waals surface area contributed by atoms with Crippen molar-refractivity contribution in [1.29, 1.82) is 5.26 Å². The molecule has 0 saturated carbocycles. The highest BCUT2D eigenvalue weighted by atomic mass is 19.1. The number of anilines is 1. The molecule has 1 aromatic heterocycles. The lowest BCUT2D eigenvalue weighted by Crippen LogP contribution is -2.53. The van der Waals surface area contributed by atoms with Crippen LogP contribution in [0.15, 0.2) is 60.7 Å². The van der Waals surface area contributed by atoms with Crippen LogP contribution in [0.4, 0.5) is 10.1 Å². The van der Waals surface area contributed by atoms with Crippen LogP contribution >= 0.6 is 0 Å². The van der Waals surface area contributed by atoms with Gasteiger partial charge in [-0.3, -0.25) is 4.90 Å². The van der Waals surface area contributed by atoms with Crippen molar-refractivity contribution in [2.75, 3.05) is 24.6 Å². The van der Waals surface area contributed by atoms with E-state index in [1.165, 1.54) is 6.07 Å². The molecule has 3 aliphatic heterocycles. The van der Waals surface area contributed by atoms with Gasteiger partial charge in [0.1, 0.15) is 24.0 Å². The van der Waals surface area contributed by atoms with Gasteiger partial charge in [-0.05, 0) is 61.7 Å². The van der Waals surface area contributed by atoms with Crippen LogP contribution in [-0.2, 0) is 24.4 Å². The SMILES string of the molecule is N#Cc1ccc(COc2cccc(N3CC4CCC(C3)N4Cc3nc4ccc(C(=O)O)cc4n3C[C@@H]3CCO3)c2)c(F)c1. The van der Waals surface area contributed by atoms with Crippen molar-refractivity contribution in [1.82, 2.24) is 14.5 Å². The Kier molecular flexibility index (Phi) is 7.21. The molecule has 4 aromatic rings. The first-order valence-corrected chi connectivity index (χ1v) is 14.7. The minimum absolute atomic E-state index is 0.0842. The summed E-state index contributed by atoms with van der Waals surface area (Å²) in [6.07, 6.45) is 3.32. The van der Waals surface area contributed by atoms with Crippen molar-refractivity contribution in [3.05, 3.63) is 89.0 Å². The first kappa shape index (κ1) is 27.4. The summed E-state index contributed by atoms with van der Waals surface area (Å²) in [4.78, 5) is 21.6. The van der Waals surface area contributed by atoms with Crippen molar-refractivity contribution in [3.63, 3.8) is 0 Å². The van der Waals surface area contributed by atoms with Crippen LogP contribution in [0, 0.1) is 17.1 Å². The molecule has 3 aromatic carbocycles. The monoisotopic (exact) mass is 581 g/mol. The smallest absolute Gasteiger partial charge is 0.335 e. The number of hydrogen-bond acceptors (Lipinski definition) is 7. The fourth-order valence-electron chi connectivity index (χ4n) is 6.55. The fraction of sp³-hybridized carbons (Fsp3) is 0.364. The van der Waals surface area contributed by atoms with E-state index >= 15 is 0 Å². The molecule has 1 N–H and O–H groups in total. The summed E-state index contributed by atoms with van der Waals surface area (Å²) in [5.74, 6) is 0.229. The highest BCUT2D eigenvalue weighted by molar-refractivity contribution is 5.92. The van der Waals surface area contributed by atoms with Crippen LogP contribution in [0.5, 0.6) is 5.75 Å². The first-order valence-electron chi connectivity index (χ1n) is 14.7. The van der Waals surface area contributed by atoms with Crippen molar-refractivity contribution in [2.45, 2.75) is 57.1 Å². The third-order valence-electron chi connectivity index (χ3n) is 8.97. The van der Waals surface area contributed by atoms with Crippen LogP contribution < -0.4 is 9.64 Å². The second-order valence-electron chi connectivity index (χ2n) is 11.6. The molecule has 7 rings (SSSR count). The largest absolute Gasteiger partial charge is 0.489 e. The summed E-state index contributed by atoms with van der Waals surface area (Å²) in [6.45, 7) is 3.97. The molecule has 0 aliphatic carbocycles. The molecular formula is C33H32FN5O4. The number of fused-ring (bicyclic) bond motifs is 3. The van der Waals surface area contributed by atoms with Gasteiger partial charge in [0.25, 0.3) is 0 Å². The molecule has 4 heterocycles. The number of nitriles is 1. The van der Waals surface area contributed by atoms with Crippen molar-refractivity contribution < 1.29 is 23.8 Å². The normalized spacial score (nSPS) is 21.5. The number of ether oxygens (including phenoxy) is 2. The van der Waals surface area contributed by atoms with Gasteiger partial charge in [-0.2, -0.15) is 5.26 Å². The van der Waals surface area contributed by atoms with Crippen LogP contribution in [0.1, 0.15) is 46.6 Å². The van der Waals surface area contributed by atoms with Gasteiger partial charge in [0.2, 0.25) is 0 Å². The zero-order chi connectivity index (χ0) is 29.5. The summed E-state index contributed by atoms with van der Waals surface area (Å²) in [5, 5.41) is 18.5. The average molecular weight is 582 g/mol. The van der Waals surface area contributed by atoms with Gasteiger partial charge < -0.3 is 24.0 Å². The highest BCUT2D eigenvalue weighted by Crippen LogP contribution is 2.35. The van der Waals surface area contributed by atoms with E-state index in [0.29, 0.717) is 36.5 Å². The van der Waals surface area contributed by atoms with E-state index < -0.39 is 11.8 Å². The number of imidazole rings is 1. The molecule has 0 amide bonds. The average Bonchev–Trinajstić information content (AvgIpc) is 3.44. The number of halogens is 1. The van der Waals surface area contributed by atoms with Gasteiger partial charge in [-0.25, -0.2) is 14.2 Å². The third-order valence-corrected chi connectivity index (χ3v) is 8.97. The van der Waals surface area contributed by atoms with E-state index in [0.717, 1.165) is 61.5 Å². The number of nitrogens with zero attached hydrogens (tertiary/aromatic N) is 5. The Morgan fingerprint density at radius 1 is 1.09 bits per heavy atom. The lowest BCUT2D eigenvalue weighted by atomic mass is 10.1. The molecule has 43 heavy (non-hydrogen) atoms. The first-order chi connectivity index (χ1) is 20.9. The quantitative estimate of drug-likeness (QED) is 0.296. The molecule has 2 unspecified atom stereocenters. The Bertz CT molecular complexity index is 1710. The predicted molar refractivity (Wildman–Crippen MR) is 158 cm³/mol. The Hall–Kier alpha value is -4.46. The molecule has 3 aliphatic rings. The minimum Gasteiger partial charge on any atom is -0.489 e. The Balaban J connectivity index is 1.06. The molecule has 2 bridgehead atoms. The summed E-state index contributed by atoms with van der Waals surface area (Å²) < 4.78 is 28.2. The van der Waals surface area contributed by atoms with Gasteiger partial charge in [0.15, 0.2) is 0 Å². The van der Waals surface area contributed by atoms with Crippen molar-refractivity contribution in [2.24, 2.45) is 0 Å². The maximum absolute atomic E-state index is 14.3. The van der Waals surface area contributed by atoms with Gasteiger partial charge in [0, 0.05) is 49.1 Å². The molecular weight excluding hydrogens is 549 g/mol. The number of aromatic nitrogens is 2. The standard InChI is InChI=1S/C33H32FN5O4/c34-29-12-21(15-35)4-5-23(29)20-43-27-3-1-2-24(14-27)37-16-25-7-8-26(17-37)38(25)19-32-36-30-9-6-22(33(40)41)13-31(30)39(32)18-28-10-11-42-28/h1-6,9,12-14,25-26,28H,7-8,10-11,16-20H2,(H,40,41)/t25?,26?,28-/m0/s1. The highest BCUT2D eigenvalue weighted by Gasteiger charge is 2.40. The number of benzene rings is 3. The summed E-state index contributed by atoms with van der Waals surface area (Å²) in [6, 6.07) is 20.2. The lowest BCUT2D eigenvalue weighted by molar-refractivity contribution is -0.0592. The van der Waals surface area contributed by atoms with Crippen molar-refractivity contribution >= 4 is 22.7 Å². The topological polar surface area (TPSA) is 104 Å². The minimum atomic E-state index is -0.943. The number of carboxylic acids is 1. The molecule has 3 saturated heterocycles. The number of carboxylic acid groups (broad SMARTS) is 1. The number of piperazine rings is 1. The summed E-state index contributed by atoms with van der Waals surface area (Å²) >= 11 is 0. The van der Waals surface area contributed by atoms with Gasteiger partial charge >= 0.3 is 5.97 Å². The molecule has 3 fully saturated rings. The Morgan fingerprint density at radius 2 is 1.91 bits per heavy atom. The third kappa shape index (κ3) is 5.42. The van der Waals surface area contributed by atoms with Gasteiger partial charge in [-0.1, -0.05) is 12.1 Å². The lowest BCUT2D eigenvalue weighted by Gasteiger charge is -2.42. The summed E-state index contributed by atoms with van der Waals surface area (Å²) in [7, 11) is 0. The van der Waals surface area contributed by atoms with Crippen molar-refractivity contribution in [3.8, 4) is 11.8 Å². The maximum atomic E-state index is 14.3. The van der Waals surface area contributed by atoms with Gasteiger partial charge in [0.05, 0.1) is 47.4 Å². The fourth-order valence-corrected chi connectivity index (χ4v) is 6.55. The molecule has 10 heteroatoms. The molecule has 3 atom stereocenters.